The first-order valence-electron chi connectivity index (χ1n) is 11.2. The standard InChI is InChI=1S/C25H25N9O/c1-16-14-30-20-9-8-17(15-34(16)20)21-22(18-6-5-11-27-18)32-24(26)23(31-21)25(35)29-12-13-33(2)19-7-3-4-10-28-19/h3-11,14-15,27H,12-13H2,1-2H3,(H2,26,32)(H,29,35). The molecule has 0 bridgehead atoms. The van der Waals surface area contributed by atoms with E-state index >= 15 is 0 Å². The van der Waals surface area contributed by atoms with E-state index in [4.69, 9.17) is 10.7 Å². The van der Waals surface area contributed by atoms with Crippen molar-refractivity contribution in [3.63, 3.8) is 0 Å². The molecule has 0 aliphatic heterocycles. The molecule has 5 aromatic rings. The van der Waals surface area contributed by atoms with Crippen LogP contribution < -0.4 is 16.0 Å². The number of nitrogens with zero attached hydrogens (tertiary/aromatic N) is 6. The zero-order chi connectivity index (χ0) is 24.4. The molecule has 0 aliphatic rings. The second-order valence-electron chi connectivity index (χ2n) is 8.15. The molecule has 0 spiro atoms. The summed E-state index contributed by atoms with van der Waals surface area (Å²) in [6, 6.07) is 13.3. The first-order chi connectivity index (χ1) is 17.0. The number of rotatable bonds is 7. The molecular weight excluding hydrogens is 442 g/mol. The second-order valence-corrected chi connectivity index (χ2v) is 8.15. The number of aromatic amines is 1. The lowest BCUT2D eigenvalue weighted by atomic mass is 10.1. The minimum absolute atomic E-state index is 0.0637. The Hall–Kier alpha value is -4.73. The Labute approximate surface area is 201 Å². The maximum atomic E-state index is 13.0. The molecule has 1 amide bonds. The van der Waals surface area contributed by atoms with Crippen molar-refractivity contribution in [2.24, 2.45) is 0 Å². The van der Waals surface area contributed by atoms with Crippen LogP contribution >= 0.6 is 0 Å². The Kier molecular flexibility index (Phi) is 5.84. The number of H-pyrrole nitrogens is 1. The molecule has 5 rings (SSSR count). The van der Waals surface area contributed by atoms with Gasteiger partial charge < -0.3 is 25.3 Å². The van der Waals surface area contributed by atoms with Crippen molar-refractivity contribution in [2.75, 3.05) is 30.8 Å². The fraction of sp³-hybridized carbons (Fsp3) is 0.160. The van der Waals surface area contributed by atoms with Crippen molar-refractivity contribution in [2.45, 2.75) is 6.92 Å². The van der Waals surface area contributed by atoms with Gasteiger partial charge in [0, 0.05) is 56.2 Å². The maximum absolute atomic E-state index is 13.0. The largest absolute Gasteiger partial charge is 0.382 e. The minimum atomic E-state index is -0.386. The van der Waals surface area contributed by atoms with Crippen molar-refractivity contribution in [3.05, 3.63) is 78.6 Å². The SMILES string of the molecule is Cc1cnc2ccc(-c3nc(C(=O)NCCN(C)c4ccccn4)c(N)nc3-c3ccc[nH]3)cn12. The number of imidazole rings is 1. The summed E-state index contributed by atoms with van der Waals surface area (Å²) in [7, 11) is 1.92. The summed E-state index contributed by atoms with van der Waals surface area (Å²) >= 11 is 0. The predicted octanol–water partition coefficient (Wildman–Crippen LogP) is 2.94. The molecule has 176 valence electrons. The van der Waals surface area contributed by atoms with E-state index in [0.717, 1.165) is 28.4 Å². The van der Waals surface area contributed by atoms with Crippen molar-refractivity contribution in [1.82, 2.24) is 34.6 Å². The summed E-state index contributed by atoms with van der Waals surface area (Å²) in [5, 5.41) is 2.89. The number of carbonyl (C=O) groups excluding carboxylic acids is 1. The predicted molar refractivity (Wildman–Crippen MR) is 135 cm³/mol. The molecule has 0 atom stereocenters. The third kappa shape index (κ3) is 4.41. The number of nitrogen functional groups attached to an aromatic ring is 1. The summed E-state index contributed by atoms with van der Waals surface area (Å²) in [5.41, 5.74) is 10.8. The third-order valence-corrected chi connectivity index (χ3v) is 5.73. The number of amides is 1. The molecule has 5 heterocycles. The van der Waals surface area contributed by atoms with E-state index in [-0.39, 0.29) is 17.4 Å². The zero-order valence-corrected chi connectivity index (χ0v) is 19.4. The highest BCUT2D eigenvalue weighted by Gasteiger charge is 2.21. The number of nitrogens with two attached hydrogens (primary N) is 1. The first-order valence-corrected chi connectivity index (χ1v) is 11.2. The number of aromatic nitrogens is 6. The van der Waals surface area contributed by atoms with Crippen LogP contribution in [0.2, 0.25) is 0 Å². The second kappa shape index (κ2) is 9.26. The number of hydrogen-bond donors (Lipinski definition) is 3. The molecule has 0 unspecified atom stereocenters. The molecule has 0 saturated carbocycles. The van der Waals surface area contributed by atoms with Crippen LogP contribution in [-0.4, -0.2) is 55.4 Å². The topological polar surface area (TPSA) is 130 Å². The van der Waals surface area contributed by atoms with Gasteiger partial charge in [-0.05, 0) is 43.3 Å². The van der Waals surface area contributed by atoms with Gasteiger partial charge in [-0.1, -0.05) is 6.07 Å². The summed E-state index contributed by atoms with van der Waals surface area (Å²) in [6.07, 6.45) is 7.28. The first kappa shape index (κ1) is 22.1. The Bertz CT molecular complexity index is 1480. The highest BCUT2D eigenvalue weighted by molar-refractivity contribution is 5.98. The van der Waals surface area contributed by atoms with Crippen LogP contribution in [0.15, 0.2) is 67.3 Å². The molecular formula is C25H25N9O. The number of nitrogens with one attached hydrogen (secondary N) is 2. The molecule has 0 aliphatic carbocycles. The van der Waals surface area contributed by atoms with Crippen LogP contribution in [0.5, 0.6) is 0 Å². The molecule has 0 aromatic carbocycles. The molecule has 10 nitrogen and oxygen atoms in total. The highest BCUT2D eigenvalue weighted by atomic mass is 16.1. The van der Waals surface area contributed by atoms with Crippen LogP contribution in [0, 0.1) is 6.92 Å². The quantitative estimate of drug-likeness (QED) is 0.335. The van der Waals surface area contributed by atoms with Gasteiger partial charge in [0.2, 0.25) is 0 Å². The average molecular weight is 468 g/mol. The normalized spacial score (nSPS) is 11.0. The number of carbonyl (C=O) groups is 1. The highest BCUT2D eigenvalue weighted by Crippen LogP contribution is 2.30. The van der Waals surface area contributed by atoms with Crippen LogP contribution in [0.25, 0.3) is 28.3 Å². The Balaban J connectivity index is 1.45. The van der Waals surface area contributed by atoms with Crippen LogP contribution in [-0.2, 0) is 0 Å². The zero-order valence-electron chi connectivity index (χ0n) is 19.4. The van der Waals surface area contributed by atoms with E-state index in [1.807, 2.05) is 71.9 Å². The van der Waals surface area contributed by atoms with Gasteiger partial charge in [-0.15, -0.1) is 0 Å². The van der Waals surface area contributed by atoms with Gasteiger partial charge in [-0.2, -0.15) is 0 Å². The smallest absolute Gasteiger partial charge is 0.273 e. The molecule has 0 fully saturated rings. The number of fused-ring (bicyclic) bond motifs is 1. The Morgan fingerprint density at radius 3 is 2.77 bits per heavy atom. The van der Waals surface area contributed by atoms with Gasteiger partial charge in [0.1, 0.15) is 22.9 Å². The molecule has 0 radical (unpaired) electrons. The van der Waals surface area contributed by atoms with Crippen molar-refractivity contribution < 1.29 is 4.79 Å². The summed E-state index contributed by atoms with van der Waals surface area (Å²) in [6.45, 7) is 2.94. The van der Waals surface area contributed by atoms with E-state index in [2.05, 4.69) is 25.3 Å². The monoisotopic (exact) mass is 467 g/mol. The maximum Gasteiger partial charge on any atom is 0.273 e. The minimum Gasteiger partial charge on any atom is -0.382 e. The number of aryl methyl sites for hydroxylation is 1. The fourth-order valence-corrected chi connectivity index (χ4v) is 3.84. The summed E-state index contributed by atoms with van der Waals surface area (Å²) < 4.78 is 1.97. The Morgan fingerprint density at radius 1 is 1.11 bits per heavy atom. The lowest BCUT2D eigenvalue weighted by Crippen LogP contribution is -2.34. The lowest BCUT2D eigenvalue weighted by Gasteiger charge is -2.18. The third-order valence-electron chi connectivity index (χ3n) is 5.73. The van der Waals surface area contributed by atoms with Crippen LogP contribution in [0.1, 0.15) is 16.2 Å². The van der Waals surface area contributed by atoms with E-state index in [0.29, 0.717) is 24.5 Å². The van der Waals surface area contributed by atoms with Gasteiger partial charge in [0.05, 0.1) is 5.69 Å². The van der Waals surface area contributed by atoms with Crippen molar-refractivity contribution in [3.8, 4) is 22.6 Å². The molecule has 10 heteroatoms. The molecule has 0 saturated heterocycles. The fourth-order valence-electron chi connectivity index (χ4n) is 3.84. The summed E-state index contributed by atoms with van der Waals surface area (Å²) in [5.74, 6) is 0.501. The molecule has 35 heavy (non-hydrogen) atoms. The van der Waals surface area contributed by atoms with Gasteiger partial charge in [0.15, 0.2) is 11.5 Å². The van der Waals surface area contributed by atoms with Gasteiger partial charge in [-0.3, -0.25) is 4.79 Å². The van der Waals surface area contributed by atoms with E-state index in [1.165, 1.54) is 0 Å². The summed E-state index contributed by atoms with van der Waals surface area (Å²) in [4.78, 5) is 36.1. The van der Waals surface area contributed by atoms with Gasteiger partial charge in [-0.25, -0.2) is 19.9 Å². The van der Waals surface area contributed by atoms with E-state index in [9.17, 15) is 4.79 Å². The number of hydrogen-bond acceptors (Lipinski definition) is 7. The lowest BCUT2D eigenvalue weighted by molar-refractivity contribution is 0.0950. The van der Waals surface area contributed by atoms with Crippen molar-refractivity contribution in [1.29, 1.82) is 0 Å². The number of anilines is 2. The number of likely N-dealkylation sites (N-methyl/N-ethyl adjacent to an activating group) is 1. The van der Waals surface area contributed by atoms with Crippen LogP contribution in [0.4, 0.5) is 11.6 Å². The van der Waals surface area contributed by atoms with Crippen LogP contribution in [0.3, 0.4) is 0 Å². The molecule has 4 N–H and O–H groups in total. The Morgan fingerprint density at radius 2 is 2.00 bits per heavy atom. The molecule has 5 aromatic heterocycles. The van der Waals surface area contributed by atoms with E-state index < -0.39 is 0 Å². The van der Waals surface area contributed by atoms with Gasteiger partial charge in [0.25, 0.3) is 5.91 Å². The average Bonchev–Trinajstić information content (AvgIpc) is 3.54. The number of pyridine rings is 2. The van der Waals surface area contributed by atoms with E-state index in [1.54, 1.807) is 18.6 Å². The van der Waals surface area contributed by atoms with Crippen molar-refractivity contribution >= 4 is 23.2 Å². The van der Waals surface area contributed by atoms with Gasteiger partial charge >= 0.3 is 0 Å².